The van der Waals surface area contributed by atoms with E-state index in [-0.39, 0.29) is 10.4 Å². The number of nitrogens with zero attached hydrogens (tertiary/aromatic N) is 3. The number of carbonyl (C=O) groups excluding carboxylic acids is 1. The summed E-state index contributed by atoms with van der Waals surface area (Å²) in [4.78, 5) is 43.7. The predicted molar refractivity (Wildman–Crippen MR) is 98.5 cm³/mol. The van der Waals surface area contributed by atoms with Crippen molar-refractivity contribution in [1.82, 2.24) is 24.5 Å². The number of rotatable bonds is 4. The molecule has 15 heteroatoms. The van der Waals surface area contributed by atoms with Gasteiger partial charge in [-0.05, 0) is 12.1 Å². The minimum atomic E-state index is -4.89. The third kappa shape index (κ3) is 3.91. The second-order valence-electron chi connectivity index (χ2n) is 6.09. The molecule has 2 aromatic heterocycles. The standard InChI is InChI=1S/C15H13F3N6O5S/c1-19-12(25)10-5-23(6-20-10)11-3-7-9(4-8(11)15(16,17)18)21-14(27)24(13(7)26)22-30(2,28)29/h3-6,22H,1-2H3,(H,19,25)(H,21,27). The number of amides is 1. The molecule has 0 spiro atoms. The zero-order valence-electron chi connectivity index (χ0n) is 15.2. The van der Waals surface area contributed by atoms with Crippen LogP contribution in [0.3, 0.4) is 0 Å². The molecule has 1 aromatic carbocycles. The summed E-state index contributed by atoms with van der Waals surface area (Å²) in [6.45, 7) is 0. The van der Waals surface area contributed by atoms with Gasteiger partial charge in [0.15, 0.2) is 0 Å². The van der Waals surface area contributed by atoms with Crippen LogP contribution in [-0.4, -0.2) is 46.8 Å². The Morgan fingerprint density at radius 3 is 2.47 bits per heavy atom. The number of sulfonamides is 1. The van der Waals surface area contributed by atoms with Crippen LogP contribution in [0.25, 0.3) is 16.6 Å². The van der Waals surface area contributed by atoms with E-state index in [1.165, 1.54) is 7.05 Å². The number of aromatic amines is 1. The molecule has 0 saturated carbocycles. The van der Waals surface area contributed by atoms with E-state index in [9.17, 15) is 36.0 Å². The van der Waals surface area contributed by atoms with Gasteiger partial charge in [-0.25, -0.2) is 23.0 Å². The van der Waals surface area contributed by atoms with E-state index < -0.39 is 55.5 Å². The van der Waals surface area contributed by atoms with Crippen LogP contribution < -0.4 is 21.4 Å². The fourth-order valence-corrected chi connectivity index (χ4v) is 3.14. The SMILES string of the molecule is CNC(=O)c1cn(-c2cc3c(=O)n(NS(C)(=O)=O)c(=O)[nH]c3cc2C(F)(F)F)cn1. The first-order chi connectivity index (χ1) is 13.8. The molecule has 11 nitrogen and oxygen atoms in total. The number of nitrogens with one attached hydrogen (secondary N) is 3. The normalized spacial score (nSPS) is 12.2. The number of benzene rings is 1. The maximum absolute atomic E-state index is 13.6. The van der Waals surface area contributed by atoms with Crippen LogP contribution in [-0.2, 0) is 16.2 Å². The van der Waals surface area contributed by atoms with Gasteiger partial charge >= 0.3 is 11.9 Å². The Morgan fingerprint density at radius 2 is 1.90 bits per heavy atom. The minimum absolute atomic E-state index is 0.124. The summed E-state index contributed by atoms with van der Waals surface area (Å²) >= 11 is 0. The van der Waals surface area contributed by atoms with Gasteiger partial charge in [0.1, 0.15) is 12.0 Å². The first kappa shape index (κ1) is 21.1. The van der Waals surface area contributed by atoms with E-state index in [1.54, 1.807) is 4.83 Å². The lowest BCUT2D eigenvalue weighted by Crippen LogP contribution is -2.43. The first-order valence-corrected chi connectivity index (χ1v) is 9.85. The molecule has 3 rings (SSSR count). The van der Waals surface area contributed by atoms with Crippen molar-refractivity contribution in [2.24, 2.45) is 0 Å². The Kier molecular flexibility index (Phi) is 4.93. The monoisotopic (exact) mass is 446 g/mol. The molecular weight excluding hydrogens is 433 g/mol. The molecule has 1 amide bonds. The van der Waals surface area contributed by atoms with Crippen molar-refractivity contribution in [2.75, 3.05) is 18.1 Å². The fourth-order valence-electron chi connectivity index (χ4n) is 2.64. The van der Waals surface area contributed by atoms with Crippen LogP contribution in [0, 0.1) is 0 Å². The number of carbonyl (C=O) groups is 1. The van der Waals surface area contributed by atoms with Gasteiger partial charge in [-0.15, -0.1) is 0 Å². The second-order valence-corrected chi connectivity index (χ2v) is 7.82. The highest BCUT2D eigenvalue weighted by Crippen LogP contribution is 2.35. The van der Waals surface area contributed by atoms with Crippen LogP contribution in [0.4, 0.5) is 13.2 Å². The van der Waals surface area contributed by atoms with E-state index in [0.29, 0.717) is 12.3 Å². The highest BCUT2D eigenvalue weighted by Gasteiger charge is 2.35. The van der Waals surface area contributed by atoms with Crippen molar-refractivity contribution >= 4 is 26.8 Å². The highest BCUT2D eigenvalue weighted by molar-refractivity contribution is 7.91. The van der Waals surface area contributed by atoms with Gasteiger partial charge in [-0.2, -0.15) is 17.8 Å². The molecule has 3 aromatic rings. The predicted octanol–water partition coefficient (Wildman–Crippen LogP) is -0.243. The van der Waals surface area contributed by atoms with Crippen molar-refractivity contribution in [1.29, 1.82) is 0 Å². The van der Waals surface area contributed by atoms with Gasteiger partial charge in [0.05, 0.1) is 28.4 Å². The molecule has 160 valence electrons. The summed E-state index contributed by atoms with van der Waals surface area (Å²) in [5.74, 6) is -0.646. The topological polar surface area (TPSA) is 148 Å². The number of halogens is 3. The third-order valence-corrected chi connectivity index (χ3v) is 4.41. The molecular formula is C15H13F3N6O5S. The highest BCUT2D eigenvalue weighted by atomic mass is 32.2. The Hall–Kier alpha value is -3.62. The molecule has 0 aliphatic heterocycles. The number of aromatic nitrogens is 4. The number of hydrogen-bond acceptors (Lipinski definition) is 6. The Bertz CT molecular complexity index is 1390. The zero-order chi connectivity index (χ0) is 22.4. The maximum Gasteiger partial charge on any atom is 0.418 e. The molecule has 30 heavy (non-hydrogen) atoms. The van der Waals surface area contributed by atoms with Gasteiger partial charge in [0, 0.05) is 13.2 Å². The lowest BCUT2D eigenvalue weighted by molar-refractivity contribution is -0.137. The first-order valence-electron chi connectivity index (χ1n) is 7.96. The van der Waals surface area contributed by atoms with Crippen molar-refractivity contribution in [3.8, 4) is 5.69 Å². The number of imidazole rings is 1. The largest absolute Gasteiger partial charge is 0.418 e. The Morgan fingerprint density at radius 1 is 1.23 bits per heavy atom. The zero-order valence-corrected chi connectivity index (χ0v) is 16.1. The van der Waals surface area contributed by atoms with E-state index in [0.717, 1.165) is 23.2 Å². The molecule has 0 fully saturated rings. The van der Waals surface area contributed by atoms with Crippen LogP contribution in [0.2, 0.25) is 0 Å². The van der Waals surface area contributed by atoms with Gasteiger partial charge in [0.2, 0.25) is 10.0 Å². The molecule has 0 atom stereocenters. The van der Waals surface area contributed by atoms with Crippen molar-refractivity contribution < 1.29 is 26.4 Å². The maximum atomic E-state index is 13.6. The molecule has 0 aliphatic rings. The summed E-state index contributed by atoms with van der Waals surface area (Å²) in [5.41, 5.74) is -4.89. The molecule has 2 heterocycles. The smallest absolute Gasteiger partial charge is 0.354 e. The average Bonchev–Trinajstić information content (AvgIpc) is 3.12. The molecule has 0 saturated heterocycles. The summed E-state index contributed by atoms with van der Waals surface area (Å²) in [5, 5.41) is 1.86. The number of fused-ring (bicyclic) bond motifs is 1. The summed E-state index contributed by atoms with van der Waals surface area (Å²) in [7, 11) is -2.73. The van der Waals surface area contributed by atoms with Crippen LogP contribution >= 0.6 is 0 Å². The number of H-pyrrole nitrogens is 1. The third-order valence-electron chi connectivity index (χ3n) is 3.90. The summed E-state index contributed by atoms with van der Waals surface area (Å²) in [6.07, 6.45) is -2.24. The fraction of sp³-hybridized carbons (Fsp3) is 0.200. The van der Waals surface area contributed by atoms with Gasteiger partial charge < -0.3 is 14.9 Å². The average molecular weight is 446 g/mol. The van der Waals surface area contributed by atoms with Crippen molar-refractivity contribution in [2.45, 2.75) is 6.18 Å². The Labute approximate surface area is 165 Å². The van der Waals surface area contributed by atoms with E-state index in [1.807, 2.05) is 4.98 Å². The molecule has 0 bridgehead atoms. The molecule has 0 unspecified atom stereocenters. The molecule has 3 N–H and O–H groups in total. The van der Waals surface area contributed by atoms with Crippen molar-refractivity contribution in [3.05, 3.63) is 56.8 Å². The van der Waals surface area contributed by atoms with E-state index >= 15 is 0 Å². The van der Waals surface area contributed by atoms with Crippen molar-refractivity contribution in [3.63, 3.8) is 0 Å². The number of hydrogen-bond donors (Lipinski definition) is 3. The number of alkyl halides is 3. The lowest BCUT2D eigenvalue weighted by Gasteiger charge is -2.15. The van der Waals surface area contributed by atoms with Crippen LogP contribution in [0.1, 0.15) is 16.1 Å². The van der Waals surface area contributed by atoms with Gasteiger partial charge in [-0.1, -0.05) is 0 Å². The van der Waals surface area contributed by atoms with E-state index in [4.69, 9.17) is 0 Å². The Balaban J connectivity index is 2.35. The van der Waals surface area contributed by atoms with Crippen LogP contribution in [0.15, 0.2) is 34.2 Å². The van der Waals surface area contributed by atoms with Gasteiger partial charge in [0.25, 0.3) is 11.5 Å². The second kappa shape index (κ2) is 7.01. The lowest BCUT2D eigenvalue weighted by atomic mass is 10.1. The summed E-state index contributed by atoms with van der Waals surface area (Å²) in [6, 6.07) is 1.35. The van der Waals surface area contributed by atoms with Gasteiger partial charge in [-0.3, -0.25) is 9.59 Å². The summed E-state index contributed by atoms with van der Waals surface area (Å²) < 4.78 is 64.6. The van der Waals surface area contributed by atoms with E-state index in [2.05, 4.69) is 10.3 Å². The minimum Gasteiger partial charge on any atom is -0.354 e. The quantitative estimate of drug-likeness (QED) is 0.504. The molecule has 0 aliphatic carbocycles. The van der Waals surface area contributed by atoms with Crippen LogP contribution in [0.5, 0.6) is 0 Å². The molecule has 0 radical (unpaired) electrons.